The second kappa shape index (κ2) is 4.40. The average molecular weight is 220 g/mol. The van der Waals surface area contributed by atoms with Crippen LogP contribution in [0.4, 0.5) is 0 Å². The van der Waals surface area contributed by atoms with Crippen LogP contribution in [-0.4, -0.2) is 15.6 Å². The molecule has 3 nitrogen and oxygen atoms in total. The van der Waals surface area contributed by atoms with E-state index in [1.165, 1.54) is 0 Å². The van der Waals surface area contributed by atoms with Gasteiger partial charge in [0.25, 0.3) is 0 Å². The van der Waals surface area contributed by atoms with Gasteiger partial charge in [0.05, 0.1) is 6.20 Å². The van der Waals surface area contributed by atoms with Crippen molar-refractivity contribution >= 4 is 17.1 Å². The minimum Gasteiger partial charge on any atom is -0.294 e. The molecular formula is C11H12N2OS. The van der Waals surface area contributed by atoms with Crippen molar-refractivity contribution in [3.63, 3.8) is 0 Å². The molecule has 0 unspecified atom stereocenters. The molecule has 15 heavy (non-hydrogen) atoms. The van der Waals surface area contributed by atoms with Crippen LogP contribution in [0, 0.1) is 0 Å². The van der Waals surface area contributed by atoms with E-state index < -0.39 is 0 Å². The van der Waals surface area contributed by atoms with Crippen molar-refractivity contribution in [2.75, 3.05) is 0 Å². The first-order valence-electron chi connectivity index (χ1n) is 4.86. The van der Waals surface area contributed by atoms with Crippen LogP contribution in [0.15, 0.2) is 29.2 Å². The first-order valence-corrected chi connectivity index (χ1v) is 5.80. The molecule has 0 amide bonds. The van der Waals surface area contributed by atoms with Gasteiger partial charge >= 0.3 is 0 Å². The van der Waals surface area contributed by atoms with Crippen LogP contribution in [0.3, 0.4) is 0 Å². The van der Waals surface area contributed by atoms with Crippen molar-refractivity contribution in [2.24, 2.45) is 0 Å². The summed E-state index contributed by atoms with van der Waals surface area (Å²) >= 11 is 1.55. The Bertz CT molecular complexity index is 445. The summed E-state index contributed by atoms with van der Waals surface area (Å²) in [5, 5.41) is 7.94. The van der Waals surface area contributed by atoms with Gasteiger partial charge in [-0.25, -0.2) is 0 Å². The highest BCUT2D eigenvalue weighted by atomic mass is 32.1. The van der Waals surface area contributed by atoms with Gasteiger partial charge in [0.15, 0.2) is 5.78 Å². The summed E-state index contributed by atoms with van der Waals surface area (Å²) in [6.07, 6.45) is 4.12. The Morgan fingerprint density at radius 1 is 1.60 bits per heavy atom. The first kappa shape index (κ1) is 10.1. The van der Waals surface area contributed by atoms with Crippen LogP contribution in [-0.2, 0) is 13.0 Å². The lowest BCUT2D eigenvalue weighted by Gasteiger charge is -1.94. The first-order chi connectivity index (χ1) is 7.29. The molecule has 0 N–H and O–H groups in total. The molecule has 0 fully saturated rings. The van der Waals surface area contributed by atoms with Crippen LogP contribution in [0.25, 0.3) is 0 Å². The lowest BCUT2D eigenvalue weighted by atomic mass is 10.1. The Kier molecular flexibility index (Phi) is 2.97. The smallest absolute Gasteiger partial charge is 0.168 e. The van der Waals surface area contributed by atoms with Gasteiger partial charge in [-0.15, -0.1) is 0 Å². The standard InChI is InChI=1S/C11H12N2OS/c1-2-13-7-9(6-12-13)5-11(14)10-3-4-15-8-10/h3-4,6-8H,2,5H2,1H3. The van der Waals surface area contributed by atoms with E-state index in [4.69, 9.17) is 0 Å². The maximum atomic E-state index is 11.7. The van der Waals surface area contributed by atoms with Gasteiger partial charge in [-0.1, -0.05) is 0 Å². The number of nitrogens with zero attached hydrogens (tertiary/aromatic N) is 2. The number of carbonyl (C=O) groups excluding carboxylic acids is 1. The van der Waals surface area contributed by atoms with E-state index in [0.29, 0.717) is 6.42 Å². The molecule has 2 rings (SSSR count). The highest BCUT2D eigenvalue weighted by molar-refractivity contribution is 7.08. The Labute approximate surface area is 92.4 Å². The SMILES string of the molecule is CCn1cc(CC(=O)c2ccsc2)cn1. The number of aryl methyl sites for hydroxylation is 1. The largest absolute Gasteiger partial charge is 0.294 e. The molecular weight excluding hydrogens is 208 g/mol. The highest BCUT2D eigenvalue weighted by Gasteiger charge is 2.08. The second-order valence-electron chi connectivity index (χ2n) is 3.32. The van der Waals surface area contributed by atoms with Crippen LogP contribution in [0.2, 0.25) is 0 Å². The molecule has 78 valence electrons. The lowest BCUT2D eigenvalue weighted by molar-refractivity contribution is 0.0993. The number of Topliss-reactive ketones (excluding diaryl/α,β-unsaturated/α-hetero) is 1. The van der Waals surface area contributed by atoms with Gasteiger partial charge in [0.1, 0.15) is 0 Å². The van der Waals surface area contributed by atoms with Crippen LogP contribution in [0.1, 0.15) is 22.8 Å². The van der Waals surface area contributed by atoms with Crippen molar-refractivity contribution in [2.45, 2.75) is 19.9 Å². The maximum absolute atomic E-state index is 11.7. The number of ketones is 1. The molecule has 0 aliphatic rings. The lowest BCUT2D eigenvalue weighted by Crippen LogP contribution is -2.01. The number of hydrogen-bond donors (Lipinski definition) is 0. The third kappa shape index (κ3) is 2.33. The summed E-state index contributed by atoms with van der Waals surface area (Å²) in [6.45, 7) is 2.87. The van der Waals surface area contributed by atoms with Gasteiger partial charge in [-0.2, -0.15) is 16.4 Å². The number of aromatic nitrogens is 2. The summed E-state index contributed by atoms with van der Waals surface area (Å²) in [7, 11) is 0. The van der Waals surface area contributed by atoms with Crippen LogP contribution in [0.5, 0.6) is 0 Å². The Hall–Kier alpha value is -1.42. The molecule has 0 atom stereocenters. The number of thiophene rings is 1. The molecule has 0 bridgehead atoms. The van der Waals surface area contributed by atoms with Gasteiger partial charge < -0.3 is 0 Å². The van der Waals surface area contributed by atoms with E-state index in [-0.39, 0.29) is 5.78 Å². The topological polar surface area (TPSA) is 34.9 Å². The molecule has 0 aromatic carbocycles. The van der Waals surface area contributed by atoms with Crippen molar-refractivity contribution in [1.29, 1.82) is 0 Å². The minimum absolute atomic E-state index is 0.159. The van der Waals surface area contributed by atoms with E-state index in [9.17, 15) is 4.79 Å². The molecule has 2 heterocycles. The van der Waals surface area contributed by atoms with E-state index in [1.54, 1.807) is 17.5 Å². The minimum atomic E-state index is 0.159. The summed E-state index contributed by atoms with van der Waals surface area (Å²) < 4.78 is 1.83. The fraction of sp³-hybridized carbons (Fsp3) is 0.273. The highest BCUT2D eigenvalue weighted by Crippen LogP contribution is 2.10. The fourth-order valence-corrected chi connectivity index (χ4v) is 2.04. The Morgan fingerprint density at radius 3 is 3.07 bits per heavy atom. The monoisotopic (exact) mass is 220 g/mol. The molecule has 0 radical (unpaired) electrons. The fourth-order valence-electron chi connectivity index (χ4n) is 1.38. The van der Waals surface area contributed by atoms with Crippen LogP contribution >= 0.6 is 11.3 Å². The summed E-state index contributed by atoms with van der Waals surface area (Å²) in [4.78, 5) is 11.7. The molecule has 0 saturated heterocycles. The second-order valence-corrected chi connectivity index (χ2v) is 4.10. The third-order valence-corrected chi connectivity index (χ3v) is 2.90. The predicted octanol–water partition coefficient (Wildman–Crippen LogP) is 2.39. The summed E-state index contributed by atoms with van der Waals surface area (Å²) in [5.41, 5.74) is 1.78. The van der Waals surface area contributed by atoms with Crippen molar-refractivity contribution in [1.82, 2.24) is 9.78 Å². The normalized spacial score (nSPS) is 10.5. The van der Waals surface area contributed by atoms with Crippen molar-refractivity contribution in [3.8, 4) is 0 Å². The quantitative estimate of drug-likeness (QED) is 0.741. The zero-order valence-electron chi connectivity index (χ0n) is 8.51. The average Bonchev–Trinajstić information content (AvgIpc) is 2.87. The van der Waals surface area contributed by atoms with Crippen molar-refractivity contribution in [3.05, 3.63) is 40.3 Å². The predicted molar refractivity (Wildman–Crippen MR) is 60.3 cm³/mol. The van der Waals surface area contributed by atoms with E-state index >= 15 is 0 Å². The van der Waals surface area contributed by atoms with Gasteiger partial charge in [0, 0.05) is 30.1 Å². The summed E-state index contributed by atoms with van der Waals surface area (Å²) in [5.74, 6) is 0.159. The molecule has 0 aliphatic carbocycles. The zero-order chi connectivity index (χ0) is 10.7. The Morgan fingerprint density at radius 2 is 2.47 bits per heavy atom. The van der Waals surface area contributed by atoms with Gasteiger partial charge in [-0.05, 0) is 23.9 Å². The zero-order valence-corrected chi connectivity index (χ0v) is 9.33. The molecule has 4 heteroatoms. The van der Waals surface area contributed by atoms with Crippen molar-refractivity contribution < 1.29 is 4.79 Å². The molecule has 0 spiro atoms. The maximum Gasteiger partial charge on any atom is 0.168 e. The molecule has 0 aliphatic heterocycles. The Balaban J connectivity index is 2.06. The number of hydrogen-bond acceptors (Lipinski definition) is 3. The molecule has 2 aromatic heterocycles. The molecule has 2 aromatic rings. The number of rotatable bonds is 4. The third-order valence-electron chi connectivity index (χ3n) is 2.22. The van der Waals surface area contributed by atoms with Crippen LogP contribution < -0.4 is 0 Å². The van der Waals surface area contributed by atoms with E-state index in [0.717, 1.165) is 17.7 Å². The van der Waals surface area contributed by atoms with E-state index in [1.807, 2.05) is 34.6 Å². The summed E-state index contributed by atoms with van der Waals surface area (Å²) in [6, 6.07) is 1.86. The molecule has 0 saturated carbocycles. The van der Waals surface area contributed by atoms with E-state index in [2.05, 4.69) is 5.10 Å². The number of carbonyl (C=O) groups is 1. The van der Waals surface area contributed by atoms with Gasteiger partial charge in [0.2, 0.25) is 0 Å². The van der Waals surface area contributed by atoms with Gasteiger partial charge in [-0.3, -0.25) is 9.48 Å².